The number of nitrogens with one attached hydrogen (secondary N) is 2. The molecule has 1 aliphatic carbocycles. The molecule has 24 heavy (non-hydrogen) atoms. The third-order valence-electron chi connectivity index (χ3n) is 4.24. The van der Waals surface area contributed by atoms with Gasteiger partial charge in [0.15, 0.2) is 0 Å². The first-order valence-corrected chi connectivity index (χ1v) is 8.72. The second-order valence-electron chi connectivity index (χ2n) is 7.10. The predicted molar refractivity (Wildman–Crippen MR) is 93.1 cm³/mol. The van der Waals surface area contributed by atoms with Crippen molar-refractivity contribution in [2.24, 2.45) is 11.8 Å². The van der Waals surface area contributed by atoms with Crippen LogP contribution in [-0.2, 0) is 9.59 Å². The summed E-state index contributed by atoms with van der Waals surface area (Å²) < 4.78 is 0. The van der Waals surface area contributed by atoms with Crippen LogP contribution in [-0.4, -0.2) is 29.1 Å². The molecule has 1 aliphatic rings. The number of carbonyl (C=O) groups is 2. The molecule has 2 rings (SSSR count). The molecular formula is C19H28N2O3. The van der Waals surface area contributed by atoms with Crippen molar-refractivity contribution in [1.82, 2.24) is 10.6 Å². The average Bonchev–Trinajstić information content (AvgIpc) is 3.36. The highest BCUT2D eigenvalue weighted by Crippen LogP contribution is 2.29. The SMILES string of the molecule is CC(C)CC(NC(=O)C(NC(=O)C1CC1)C(C)O)c1ccccc1. The first-order valence-electron chi connectivity index (χ1n) is 8.72. The van der Waals surface area contributed by atoms with Gasteiger partial charge in [-0.05, 0) is 37.7 Å². The van der Waals surface area contributed by atoms with Gasteiger partial charge in [0.05, 0.1) is 12.1 Å². The number of aliphatic hydroxyl groups is 1. The van der Waals surface area contributed by atoms with Crippen LogP contribution in [0.2, 0.25) is 0 Å². The van der Waals surface area contributed by atoms with Crippen molar-refractivity contribution >= 4 is 11.8 Å². The lowest BCUT2D eigenvalue weighted by Gasteiger charge is -2.26. The number of carbonyl (C=O) groups excluding carboxylic acids is 2. The van der Waals surface area contributed by atoms with E-state index in [1.165, 1.54) is 6.92 Å². The van der Waals surface area contributed by atoms with Crippen molar-refractivity contribution < 1.29 is 14.7 Å². The maximum Gasteiger partial charge on any atom is 0.245 e. The lowest BCUT2D eigenvalue weighted by atomic mass is 9.96. The highest BCUT2D eigenvalue weighted by atomic mass is 16.3. The Morgan fingerprint density at radius 1 is 1.12 bits per heavy atom. The van der Waals surface area contributed by atoms with E-state index in [1.807, 2.05) is 30.3 Å². The maximum absolute atomic E-state index is 12.6. The standard InChI is InChI=1S/C19H28N2O3/c1-12(2)11-16(14-7-5-4-6-8-14)20-19(24)17(13(3)22)21-18(23)15-9-10-15/h4-8,12-13,15-17,22H,9-11H2,1-3H3,(H,20,24)(H,21,23). The molecular weight excluding hydrogens is 304 g/mol. The summed E-state index contributed by atoms with van der Waals surface area (Å²) in [6, 6.07) is 8.72. The molecule has 3 atom stereocenters. The fourth-order valence-electron chi connectivity index (χ4n) is 2.72. The first-order chi connectivity index (χ1) is 11.4. The van der Waals surface area contributed by atoms with Crippen LogP contribution in [0.5, 0.6) is 0 Å². The highest BCUT2D eigenvalue weighted by molar-refractivity contribution is 5.90. The molecule has 0 aromatic heterocycles. The van der Waals surface area contributed by atoms with E-state index >= 15 is 0 Å². The minimum absolute atomic E-state index is 0.000339. The maximum atomic E-state index is 12.6. The van der Waals surface area contributed by atoms with E-state index in [4.69, 9.17) is 0 Å². The molecule has 0 radical (unpaired) electrons. The Labute approximate surface area is 143 Å². The van der Waals surface area contributed by atoms with Gasteiger partial charge in [0, 0.05) is 5.92 Å². The van der Waals surface area contributed by atoms with Gasteiger partial charge in [-0.25, -0.2) is 0 Å². The second kappa shape index (κ2) is 8.29. The normalized spacial score (nSPS) is 17.9. The number of rotatable bonds is 8. The van der Waals surface area contributed by atoms with Crippen LogP contribution in [0.15, 0.2) is 30.3 Å². The van der Waals surface area contributed by atoms with Gasteiger partial charge in [-0.2, -0.15) is 0 Å². The lowest BCUT2D eigenvalue weighted by molar-refractivity contribution is -0.132. The number of hydrogen-bond acceptors (Lipinski definition) is 3. The Balaban J connectivity index is 2.07. The van der Waals surface area contributed by atoms with Crippen LogP contribution >= 0.6 is 0 Å². The Kier molecular flexibility index (Phi) is 6.37. The molecule has 3 unspecified atom stereocenters. The predicted octanol–water partition coefficient (Wildman–Crippen LogP) is 2.17. The van der Waals surface area contributed by atoms with E-state index in [0.29, 0.717) is 5.92 Å². The average molecular weight is 332 g/mol. The van der Waals surface area contributed by atoms with E-state index < -0.39 is 12.1 Å². The van der Waals surface area contributed by atoms with Crippen molar-refractivity contribution in [3.05, 3.63) is 35.9 Å². The van der Waals surface area contributed by atoms with E-state index in [-0.39, 0.29) is 23.8 Å². The van der Waals surface area contributed by atoms with Crippen LogP contribution in [0.4, 0.5) is 0 Å². The van der Waals surface area contributed by atoms with Crippen molar-refractivity contribution in [2.45, 2.75) is 58.2 Å². The van der Waals surface area contributed by atoms with Crippen LogP contribution < -0.4 is 10.6 Å². The minimum Gasteiger partial charge on any atom is -0.391 e. The summed E-state index contributed by atoms with van der Waals surface area (Å²) >= 11 is 0. The summed E-state index contributed by atoms with van der Waals surface area (Å²) in [5.41, 5.74) is 1.03. The van der Waals surface area contributed by atoms with Crippen LogP contribution in [0.25, 0.3) is 0 Å². The third-order valence-corrected chi connectivity index (χ3v) is 4.24. The molecule has 5 nitrogen and oxygen atoms in total. The zero-order chi connectivity index (χ0) is 17.7. The zero-order valence-electron chi connectivity index (χ0n) is 14.7. The summed E-state index contributed by atoms with van der Waals surface area (Å²) in [6.07, 6.45) is 1.57. The van der Waals surface area contributed by atoms with Gasteiger partial charge in [-0.1, -0.05) is 44.2 Å². The molecule has 1 fully saturated rings. The van der Waals surface area contributed by atoms with E-state index in [1.54, 1.807) is 0 Å². The van der Waals surface area contributed by atoms with E-state index in [9.17, 15) is 14.7 Å². The van der Waals surface area contributed by atoms with Crippen LogP contribution in [0.1, 0.15) is 51.6 Å². The summed E-state index contributed by atoms with van der Waals surface area (Å²) in [6.45, 7) is 5.73. The Morgan fingerprint density at radius 3 is 2.25 bits per heavy atom. The van der Waals surface area contributed by atoms with Gasteiger partial charge in [-0.15, -0.1) is 0 Å². The molecule has 2 amide bonds. The van der Waals surface area contributed by atoms with E-state index in [0.717, 1.165) is 24.8 Å². The summed E-state index contributed by atoms with van der Waals surface area (Å²) in [5.74, 6) is -0.0779. The molecule has 0 bridgehead atoms. The number of benzene rings is 1. The molecule has 5 heteroatoms. The van der Waals surface area contributed by atoms with Gasteiger partial charge in [0.25, 0.3) is 0 Å². The van der Waals surface area contributed by atoms with Gasteiger partial charge in [0.1, 0.15) is 6.04 Å². The largest absolute Gasteiger partial charge is 0.391 e. The Bertz CT molecular complexity index is 553. The quantitative estimate of drug-likeness (QED) is 0.683. The molecule has 0 saturated heterocycles. The Hall–Kier alpha value is -1.88. The van der Waals surface area contributed by atoms with Crippen molar-refractivity contribution in [3.63, 3.8) is 0 Å². The molecule has 0 aliphatic heterocycles. The smallest absolute Gasteiger partial charge is 0.245 e. The van der Waals surface area contributed by atoms with Gasteiger partial charge in [-0.3, -0.25) is 9.59 Å². The monoisotopic (exact) mass is 332 g/mol. The Morgan fingerprint density at radius 2 is 1.75 bits per heavy atom. The summed E-state index contributed by atoms with van der Waals surface area (Å²) in [5, 5.41) is 15.6. The fourth-order valence-corrected chi connectivity index (χ4v) is 2.72. The van der Waals surface area contributed by atoms with Gasteiger partial charge in [0.2, 0.25) is 11.8 Å². The molecule has 1 aromatic rings. The zero-order valence-corrected chi connectivity index (χ0v) is 14.7. The van der Waals surface area contributed by atoms with Crippen LogP contribution in [0.3, 0.4) is 0 Å². The first kappa shape index (κ1) is 18.5. The second-order valence-corrected chi connectivity index (χ2v) is 7.10. The fraction of sp³-hybridized carbons (Fsp3) is 0.579. The van der Waals surface area contributed by atoms with Gasteiger partial charge < -0.3 is 15.7 Å². The summed E-state index contributed by atoms with van der Waals surface area (Å²) in [7, 11) is 0. The minimum atomic E-state index is -0.942. The summed E-state index contributed by atoms with van der Waals surface area (Å²) in [4.78, 5) is 24.6. The van der Waals surface area contributed by atoms with Crippen molar-refractivity contribution in [2.75, 3.05) is 0 Å². The molecule has 1 aromatic carbocycles. The third kappa shape index (κ3) is 5.34. The highest BCUT2D eigenvalue weighted by Gasteiger charge is 2.34. The van der Waals surface area contributed by atoms with Crippen molar-refractivity contribution in [3.8, 4) is 0 Å². The van der Waals surface area contributed by atoms with Crippen LogP contribution in [0, 0.1) is 11.8 Å². The van der Waals surface area contributed by atoms with Crippen molar-refractivity contribution in [1.29, 1.82) is 0 Å². The molecule has 0 heterocycles. The molecule has 3 N–H and O–H groups in total. The number of aliphatic hydroxyl groups excluding tert-OH is 1. The van der Waals surface area contributed by atoms with E-state index in [2.05, 4.69) is 24.5 Å². The lowest BCUT2D eigenvalue weighted by Crippen LogP contribution is -2.53. The molecule has 132 valence electrons. The van der Waals surface area contributed by atoms with Gasteiger partial charge >= 0.3 is 0 Å². The molecule has 1 saturated carbocycles. The number of hydrogen-bond donors (Lipinski definition) is 3. The number of amides is 2. The topological polar surface area (TPSA) is 78.4 Å². The molecule has 0 spiro atoms.